The normalized spacial score (nSPS) is 13.3. The molecule has 1 amide bonds. The molecule has 0 heterocycles. The summed E-state index contributed by atoms with van der Waals surface area (Å²) in [5.41, 5.74) is 2.92. The average molecular weight is 381 g/mol. The van der Waals surface area contributed by atoms with Crippen molar-refractivity contribution in [3.63, 3.8) is 0 Å². The first-order valence-corrected chi connectivity index (χ1v) is 9.22. The van der Waals surface area contributed by atoms with Crippen LogP contribution in [0.3, 0.4) is 0 Å². The topological polar surface area (TPSA) is 38.3 Å². The van der Waals surface area contributed by atoms with Gasteiger partial charge in [-0.25, -0.2) is 0 Å². The van der Waals surface area contributed by atoms with Crippen LogP contribution < -0.4 is 10.1 Å². The van der Waals surface area contributed by atoms with Gasteiger partial charge in [-0.15, -0.1) is 11.8 Å². The van der Waals surface area contributed by atoms with E-state index in [4.69, 9.17) is 4.74 Å². The van der Waals surface area contributed by atoms with Gasteiger partial charge in [0, 0.05) is 4.90 Å². The second-order valence-electron chi connectivity index (χ2n) is 6.02. The van der Waals surface area contributed by atoms with E-state index in [1.807, 2.05) is 18.2 Å². The summed E-state index contributed by atoms with van der Waals surface area (Å²) in [5.74, 6) is -0.794. The van der Waals surface area contributed by atoms with Gasteiger partial charge < -0.3 is 10.1 Å². The number of hydrogen-bond donors (Lipinski definition) is 1. The molecule has 1 aliphatic rings. The van der Waals surface area contributed by atoms with E-state index >= 15 is 0 Å². The molecule has 1 aliphatic carbocycles. The van der Waals surface area contributed by atoms with Crippen LogP contribution in [0.4, 0.5) is 18.9 Å². The summed E-state index contributed by atoms with van der Waals surface area (Å²) >= 11 is 0.643. The van der Waals surface area contributed by atoms with E-state index in [9.17, 15) is 18.0 Å². The number of rotatable bonds is 6. The number of hydrogen-bond acceptors (Lipinski definition) is 3. The molecule has 0 fully saturated rings. The van der Waals surface area contributed by atoms with Gasteiger partial charge in [-0.1, -0.05) is 18.2 Å². The second-order valence-corrected chi connectivity index (χ2v) is 7.04. The molecule has 26 heavy (non-hydrogen) atoms. The molecule has 0 aromatic heterocycles. The highest BCUT2D eigenvalue weighted by atomic mass is 32.2. The standard InChI is InChI=1S/C19H18F3NO2S/c20-19(21,22)12-26-17-7-2-1-6-16(17)23-18(24)11-25-15-9-8-13-4-3-5-14(13)10-15/h1-2,6-10H,3-5,11-12H2,(H,23,24). The summed E-state index contributed by atoms with van der Waals surface area (Å²) in [6.45, 7) is -0.197. The Hall–Kier alpha value is -2.15. The van der Waals surface area contributed by atoms with Gasteiger partial charge in [0.05, 0.1) is 11.4 Å². The number of benzene rings is 2. The van der Waals surface area contributed by atoms with Crippen molar-refractivity contribution < 1.29 is 22.7 Å². The van der Waals surface area contributed by atoms with Crippen molar-refractivity contribution in [1.82, 2.24) is 0 Å². The van der Waals surface area contributed by atoms with Gasteiger partial charge in [0.25, 0.3) is 5.91 Å². The lowest BCUT2D eigenvalue weighted by molar-refractivity contribution is -0.118. The molecule has 0 aliphatic heterocycles. The summed E-state index contributed by atoms with van der Waals surface area (Å²) in [4.78, 5) is 12.5. The van der Waals surface area contributed by atoms with Crippen molar-refractivity contribution in [2.45, 2.75) is 30.3 Å². The molecule has 2 aromatic carbocycles. The van der Waals surface area contributed by atoms with Crippen molar-refractivity contribution in [2.75, 3.05) is 17.7 Å². The van der Waals surface area contributed by atoms with Crippen LogP contribution in [0.25, 0.3) is 0 Å². The van der Waals surface area contributed by atoms with Crippen molar-refractivity contribution in [1.29, 1.82) is 0 Å². The summed E-state index contributed by atoms with van der Waals surface area (Å²) in [6.07, 6.45) is -1.05. The number of alkyl halides is 3. The highest BCUT2D eigenvalue weighted by Gasteiger charge is 2.27. The number of nitrogens with one attached hydrogen (secondary N) is 1. The third-order valence-corrected chi connectivity index (χ3v) is 5.13. The molecule has 0 atom stereocenters. The summed E-state index contributed by atoms with van der Waals surface area (Å²) in [5, 5.41) is 2.62. The number of thioether (sulfide) groups is 1. The molecular weight excluding hydrogens is 363 g/mol. The Kier molecular flexibility index (Phi) is 5.76. The van der Waals surface area contributed by atoms with Gasteiger partial charge in [0.2, 0.25) is 0 Å². The molecule has 1 N–H and O–H groups in total. The Labute approximate surface area is 153 Å². The minimum Gasteiger partial charge on any atom is -0.484 e. The van der Waals surface area contributed by atoms with E-state index < -0.39 is 17.8 Å². The Balaban J connectivity index is 1.56. The molecule has 0 saturated carbocycles. The van der Waals surface area contributed by atoms with E-state index in [0.717, 1.165) is 19.3 Å². The zero-order valence-electron chi connectivity index (χ0n) is 13.9. The Bertz CT molecular complexity index is 793. The van der Waals surface area contributed by atoms with Gasteiger partial charge >= 0.3 is 6.18 Å². The lowest BCUT2D eigenvalue weighted by Gasteiger charge is -2.12. The van der Waals surface area contributed by atoms with Crippen LogP contribution in [0.2, 0.25) is 0 Å². The fraction of sp³-hybridized carbons (Fsp3) is 0.316. The molecule has 0 spiro atoms. The Morgan fingerprint density at radius 2 is 1.88 bits per heavy atom. The largest absolute Gasteiger partial charge is 0.484 e. The monoisotopic (exact) mass is 381 g/mol. The van der Waals surface area contributed by atoms with E-state index in [1.165, 1.54) is 11.1 Å². The minimum absolute atomic E-state index is 0.197. The number of carbonyl (C=O) groups is 1. The van der Waals surface area contributed by atoms with E-state index in [-0.39, 0.29) is 6.61 Å². The van der Waals surface area contributed by atoms with E-state index in [2.05, 4.69) is 5.32 Å². The van der Waals surface area contributed by atoms with Crippen LogP contribution >= 0.6 is 11.8 Å². The first-order chi connectivity index (χ1) is 12.4. The number of ether oxygens (including phenoxy) is 1. The molecule has 138 valence electrons. The summed E-state index contributed by atoms with van der Waals surface area (Å²) < 4.78 is 42.8. The maximum Gasteiger partial charge on any atom is 0.398 e. The van der Waals surface area contributed by atoms with Crippen LogP contribution in [0, 0.1) is 0 Å². The number of carbonyl (C=O) groups excluding carboxylic acids is 1. The minimum atomic E-state index is -4.27. The van der Waals surface area contributed by atoms with Crippen molar-refractivity contribution >= 4 is 23.4 Å². The fourth-order valence-corrected chi connectivity index (χ4v) is 3.60. The number of aryl methyl sites for hydroxylation is 2. The quantitative estimate of drug-likeness (QED) is 0.727. The highest BCUT2D eigenvalue weighted by Crippen LogP contribution is 2.32. The molecule has 0 unspecified atom stereocenters. The Morgan fingerprint density at radius 1 is 1.12 bits per heavy atom. The van der Waals surface area contributed by atoms with Gasteiger partial charge in [-0.05, 0) is 54.7 Å². The molecule has 3 nitrogen and oxygen atoms in total. The number of amides is 1. The van der Waals surface area contributed by atoms with Crippen molar-refractivity contribution in [3.8, 4) is 5.75 Å². The van der Waals surface area contributed by atoms with Crippen LogP contribution in [0.15, 0.2) is 47.4 Å². The van der Waals surface area contributed by atoms with E-state index in [1.54, 1.807) is 24.3 Å². The summed E-state index contributed by atoms with van der Waals surface area (Å²) in [6, 6.07) is 12.2. The summed E-state index contributed by atoms with van der Waals surface area (Å²) in [7, 11) is 0. The molecule has 2 aromatic rings. The number of para-hydroxylation sites is 1. The van der Waals surface area contributed by atoms with Gasteiger partial charge in [0.1, 0.15) is 5.75 Å². The first-order valence-electron chi connectivity index (χ1n) is 8.24. The maximum absolute atomic E-state index is 12.4. The van der Waals surface area contributed by atoms with Gasteiger partial charge in [0.15, 0.2) is 6.61 Å². The van der Waals surface area contributed by atoms with Gasteiger partial charge in [-0.2, -0.15) is 13.2 Å². The maximum atomic E-state index is 12.4. The number of halogens is 3. The zero-order valence-corrected chi connectivity index (χ0v) is 14.8. The smallest absolute Gasteiger partial charge is 0.398 e. The molecular formula is C19H18F3NO2S. The second kappa shape index (κ2) is 8.03. The zero-order chi connectivity index (χ0) is 18.6. The third-order valence-electron chi connectivity index (χ3n) is 3.99. The first kappa shape index (κ1) is 18.6. The van der Waals surface area contributed by atoms with Crippen molar-refractivity contribution in [3.05, 3.63) is 53.6 Å². The molecule has 0 saturated heterocycles. The predicted molar refractivity (Wildman–Crippen MR) is 95.8 cm³/mol. The lowest BCUT2D eigenvalue weighted by Crippen LogP contribution is -2.20. The van der Waals surface area contributed by atoms with Crippen molar-refractivity contribution in [2.24, 2.45) is 0 Å². The molecule has 7 heteroatoms. The number of anilines is 1. The van der Waals surface area contributed by atoms with Gasteiger partial charge in [-0.3, -0.25) is 4.79 Å². The SMILES string of the molecule is O=C(COc1ccc2c(c1)CCC2)Nc1ccccc1SCC(F)(F)F. The molecule has 0 bridgehead atoms. The average Bonchev–Trinajstić information content (AvgIpc) is 3.06. The lowest BCUT2D eigenvalue weighted by atomic mass is 10.1. The van der Waals surface area contributed by atoms with Crippen LogP contribution in [-0.4, -0.2) is 24.4 Å². The molecule has 3 rings (SSSR count). The third kappa shape index (κ3) is 5.17. The highest BCUT2D eigenvalue weighted by molar-refractivity contribution is 7.99. The Morgan fingerprint density at radius 3 is 2.69 bits per heavy atom. The van der Waals surface area contributed by atoms with Crippen LogP contribution in [0.5, 0.6) is 5.75 Å². The molecule has 0 radical (unpaired) electrons. The van der Waals surface area contributed by atoms with Crippen LogP contribution in [-0.2, 0) is 17.6 Å². The fourth-order valence-electron chi connectivity index (χ4n) is 2.83. The van der Waals surface area contributed by atoms with Crippen LogP contribution in [0.1, 0.15) is 17.5 Å². The predicted octanol–water partition coefficient (Wildman–Crippen LogP) is 4.85. The van der Waals surface area contributed by atoms with E-state index in [0.29, 0.717) is 28.1 Å². The number of fused-ring (bicyclic) bond motifs is 1.